The summed E-state index contributed by atoms with van der Waals surface area (Å²) >= 11 is 2.15. The van der Waals surface area contributed by atoms with Crippen molar-refractivity contribution in [1.82, 2.24) is 44.0 Å². The molecule has 128 heavy (non-hydrogen) atoms. The number of aromatic nitrogens is 9. The second-order valence-electron chi connectivity index (χ2n) is 43.7. The van der Waals surface area contributed by atoms with Gasteiger partial charge in [-0.15, -0.1) is 0 Å². The molecule has 6 aromatic heterocycles. The number of carbonyl (C=O) groups excluding carboxylic acids is 4. The Morgan fingerprint density at radius 1 is 0.508 bits per heavy atom. The summed E-state index contributed by atoms with van der Waals surface area (Å²) in [5.41, 5.74) is 9.20. The number of Topliss-reactive ketones (excluding diaryl/α,β-unsaturated/α-hetero) is 3. The van der Waals surface area contributed by atoms with Crippen LogP contribution in [0.5, 0.6) is 0 Å². The molecule has 0 aromatic carbocycles. The number of nitrogens with one attached hydrogen (secondary N) is 1. The molecule has 0 bridgehead atoms. The third-order valence-corrected chi connectivity index (χ3v) is 28.8. The first-order valence-electron chi connectivity index (χ1n) is 46.0. The summed E-state index contributed by atoms with van der Waals surface area (Å²) in [7, 11) is -2.53. The molecule has 24 nitrogen and oxygen atoms in total. The standard InChI is InChI=1S/C38H56N4O5Si.C34H50N4O4Si.C28H36N4O3.CH3I/c1-10-11-18-46-35(44)38(6)23-29(22-37(4,5)47-38)31-13-12-28(33(41-31)27-14-16-36(2,3)17-15-27)21-32(43)34-40-30(24-39)25-42(34)26-45-19-20-48(7,8)9;1-32(2)13-11-24(12-14-32)30-25(9-10-28(37-30)26-18-33(3,4)42-34(5,19-26)22-39)17-29(40)31-36-27(20-35)21-38(31)23-41-15-16-43(6,7)8;1-26(2)10-8-18(9-11-26)24-19(12-23(34)25-30-16-21(15-29)31-25)6-7-22(32-24)20-13-27(3,4)35-28(5,14-20)17-33;1-2/h12-14,25,29H,10-11,15-23,26H2,1-9H3;9-11,21,26,39H,12-19,22-23H2,1-8H3;6-8,16,20,33H,9-14,17H2,1-5H3,(H,30,31);1H3. The van der Waals surface area contributed by atoms with Crippen LogP contribution in [-0.4, -0.2) is 165 Å². The minimum Gasteiger partial charge on any atom is -0.464 e. The molecule has 3 saturated heterocycles. The maximum Gasteiger partial charge on any atom is 0.338 e. The highest BCUT2D eigenvalue weighted by Gasteiger charge is 2.50. The van der Waals surface area contributed by atoms with E-state index in [0.717, 1.165) is 152 Å². The van der Waals surface area contributed by atoms with Crippen LogP contribution in [0.2, 0.25) is 51.4 Å². The number of imidazole rings is 3. The minimum atomic E-state index is -1.27. The van der Waals surface area contributed by atoms with Crippen molar-refractivity contribution < 1.29 is 57.8 Å². The number of aliphatic hydroxyl groups is 2. The van der Waals surface area contributed by atoms with Gasteiger partial charge in [-0.2, -0.15) is 15.8 Å². The number of rotatable bonds is 31. The zero-order valence-electron chi connectivity index (χ0n) is 80.9. The highest BCUT2D eigenvalue weighted by atomic mass is 127. The van der Waals surface area contributed by atoms with Crippen LogP contribution in [0.1, 0.15) is 337 Å². The number of aliphatic hydroxyl groups excluding tert-OH is 2. The third kappa shape index (κ3) is 29.3. The summed E-state index contributed by atoms with van der Waals surface area (Å²) in [6, 6.07) is 20.3. The monoisotopic (exact) mass is 1900 g/mol. The van der Waals surface area contributed by atoms with Crippen molar-refractivity contribution in [3.8, 4) is 18.2 Å². The number of ketones is 3. The Bertz CT molecular complexity index is 5130. The summed E-state index contributed by atoms with van der Waals surface area (Å²) in [6.07, 6.45) is 26.4. The van der Waals surface area contributed by atoms with Gasteiger partial charge in [-0.25, -0.2) is 19.7 Å². The molecular formula is C101H145IN12O12Si2. The van der Waals surface area contributed by atoms with Crippen LogP contribution in [0.3, 0.4) is 0 Å². The van der Waals surface area contributed by atoms with Crippen molar-refractivity contribution in [2.45, 2.75) is 355 Å². The van der Waals surface area contributed by atoms with Gasteiger partial charge in [-0.3, -0.25) is 29.3 Å². The Morgan fingerprint density at radius 2 is 0.875 bits per heavy atom. The molecule has 3 fully saturated rings. The third-order valence-electron chi connectivity index (χ3n) is 25.4. The number of carbonyl (C=O) groups is 4. The number of aromatic amines is 1. The SMILES string of the molecule is CC1(C)CC=C(c2nc(C3CC(C)(C)OC(C)(CO)C3)ccc2CC(=O)c2nc(C#N)cn2COCC[Si](C)(C)C)CC1.CC1(C)CC=C(c2nc(C3CC(C)(C)OC(C)(CO)C3)ccc2CC(=O)c2ncc(C#N)[nH]2)CC1.CCCCOC(=O)C1(C)CC(c2ccc(CC(=O)c3nc(C#N)cn3COCC[Si](C)(C)C)c(C3=CCC(C)(C)CC3)n2)CC(C)(C)O1.CI. The molecule has 6 unspecified atom stereocenters. The van der Waals surface area contributed by atoms with Crippen molar-refractivity contribution in [3.05, 3.63) is 159 Å². The van der Waals surface area contributed by atoms with Crippen molar-refractivity contribution in [2.24, 2.45) is 16.2 Å². The van der Waals surface area contributed by atoms with E-state index < -0.39 is 44.2 Å². The topological polar surface area (TPSA) is 338 Å². The number of halogens is 1. The van der Waals surface area contributed by atoms with Gasteiger partial charge in [0, 0.05) is 95.9 Å². The quantitative estimate of drug-likeness (QED) is 0.00909. The fourth-order valence-electron chi connectivity index (χ4n) is 18.4. The number of allylic oxidation sites excluding steroid dienone is 6. The van der Waals surface area contributed by atoms with E-state index in [1.165, 1.54) is 17.3 Å². The van der Waals surface area contributed by atoms with Gasteiger partial charge in [0.25, 0.3) is 0 Å². The molecule has 3 aliphatic carbocycles. The van der Waals surface area contributed by atoms with Crippen molar-refractivity contribution in [2.75, 3.05) is 38.0 Å². The predicted molar refractivity (Wildman–Crippen MR) is 516 cm³/mol. The first-order chi connectivity index (χ1) is 59.9. The average molecular weight is 1900 g/mol. The average Bonchev–Trinajstić information content (AvgIpc) is 0.995. The van der Waals surface area contributed by atoms with Gasteiger partial charge in [0.05, 0.1) is 71.1 Å². The van der Waals surface area contributed by atoms with Crippen LogP contribution in [0, 0.1) is 50.2 Å². The first kappa shape index (κ1) is 104. The molecule has 696 valence electrons. The van der Waals surface area contributed by atoms with E-state index in [4.69, 9.17) is 48.6 Å². The molecule has 0 radical (unpaired) electrons. The van der Waals surface area contributed by atoms with Crippen LogP contribution in [-0.2, 0) is 65.9 Å². The van der Waals surface area contributed by atoms with Crippen LogP contribution in [0.4, 0.5) is 0 Å². The maximum absolute atomic E-state index is 13.9. The minimum absolute atomic E-state index is 0.0352. The van der Waals surface area contributed by atoms with Crippen molar-refractivity contribution >= 4 is 78.8 Å². The number of alkyl halides is 1. The van der Waals surface area contributed by atoms with Gasteiger partial charge in [0.1, 0.15) is 37.4 Å². The molecule has 3 N–H and O–H groups in total. The van der Waals surface area contributed by atoms with Gasteiger partial charge < -0.3 is 52.8 Å². The van der Waals surface area contributed by atoms with Gasteiger partial charge in [0.2, 0.25) is 17.3 Å². The lowest BCUT2D eigenvalue weighted by atomic mass is 9.76. The zero-order chi connectivity index (χ0) is 94.4. The normalized spacial score (nSPS) is 23.2. The Morgan fingerprint density at radius 3 is 1.20 bits per heavy atom. The summed E-state index contributed by atoms with van der Waals surface area (Å²) in [6.45, 7) is 49.4. The highest BCUT2D eigenvalue weighted by molar-refractivity contribution is 14.1. The second-order valence-corrected chi connectivity index (χ2v) is 54.9. The Kier molecular flexibility index (Phi) is 35.1. The number of ether oxygens (including phenoxy) is 6. The molecule has 6 aromatic rings. The van der Waals surface area contributed by atoms with E-state index in [1.807, 2.05) is 82.0 Å². The number of nitriles is 3. The van der Waals surface area contributed by atoms with E-state index in [-0.39, 0.29) is 143 Å². The molecular weight excluding hydrogens is 1760 g/mol. The molecule has 6 aliphatic rings. The van der Waals surface area contributed by atoms with Crippen LogP contribution in [0.15, 0.2) is 73.2 Å². The number of H-pyrrole nitrogens is 1. The first-order valence-corrected chi connectivity index (χ1v) is 55.6. The molecule has 12 rings (SSSR count). The van der Waals surface area contributed by atoms with Gasteiger partial charge in [0.15, 0.2) is 34.5 Å². The molecule has 0 saturated carbocycles. The van der Waals surface area contributed by atoms with Crippen LogP contribution < -0.4 is 0 Å². The zero-order valence-corrected chi connectivity index (χ0v) is 85.1. The summed E-state index contributed by atoms with van der Waals surface area (Å²) < 4.78 is 39.6. The number of hydrogen-bond donors (Lipinski definition) is 3. The summed E-state index contributed by atoms with van der Waals surface area (Å²) in [4.78, 5) is 87.1. The van der Waals surface area contributed by atoms with E-state index in [9.17, 15) is 39.9 Å². The van der Waals surface area contributed by atoms with E-state index >= 15 is 0 Å². The van der Waals surface area contributed by atoms with Crippen LogP contribution in [0.25, 0.3) is 16.7 Å². The molecule has 27 heteroatoms. The highest BCUT2D eigenvalue weighted by Crippen LogP contribution is 2.49. The predicted octanol–water partition coefficient (Wildman–Crippen LogP) is 21.3. The fraction of sp³-hybridized carbons (Fsp3) is 0.634. The lowest BCUT2D eigenvalue weighted by Gasteiger charge is -2.46. The summed E-state index contributed by atoms with van der Waals surface area (Å²) in [5, 5.41) is 48.3. The van der Waals surface area contributed by atoms with E-state index in [0.29, 0.717) is 45.5 Å². The molecule has 0 amide bonds. The lowest BCUT2D eigenvalue weighted by Crippen LogP contribution is -2.52. The van der Waals surface area contributed by atoms with Crippen molar-refractivity contribution in [3.63, 3.8) is 0 Å². The van der Waals surface area contributed by atoms with E-state index in [2.05, 4.69) is 188 Å². The molecule has 3 aliphatic heterocycles. The Balaban J connectivity index is 0.000000217. The largest absolute Gasteiger partial charge is 0.464 e. The van der Waals surface area contributed by atoms with E-state index in [1.54, 1.807) is 21.5 Å². The molecule has 6 atom stereocenters. The van der Waals surface area contributed by atoms with Gasteiger partial charge in [-0.05, 0) is 250 Å². The number of hydrogen-bond acceptors (Lipinski definition) is 21. The molecule has 9 heterocycles. The fourth-order valence-corrected chi connectivity index (χ4v) is 19.9. The molecule has 0 spiro atoms. The van der Waals surface area contributed by atoms with Gasteiger partial charge >= 0.3 is 5.97 Å². The lowest BCUT2D eigenvalue weighted by molar-refractivity contribution is -0.205. The Hall–Kier alpha value is -7.87. The second kappa shape index (κ2) is 43.2. The van der Waals surface area contributed by atoms with Crippen molar-refractivity contribution in [1.29, 1.82) is 15.8 Å². The van der Waals surface area contributed by atoms with Gasteiger partial charge in [-0.1, -0.05) is 153 Å². The number of esters is 1. The Labute approximate surface area is 777 Å². The van der Waals surface area contributed by atoms with Crippen LogP contribution >= 0.6 is 22.6 Å². The smallest absolute Gasteiger partial charge is 0.338 e. The maximum atomic E-state index is 13.9. The number of pyridine rings is 3. The number of unbranched alkanes of at least 4 members (excludes halogenated alkanes) is 1. The number of nitrogens with zero attached hydrogens (tertiary/aromatic N) is 11. The summed E-state index contributed by atoms with van der Waals surface area (Å²) in [5.74, 6) is 0.0329.